The van der Waals surface area contributed by atoms with Crippen LogP contribution in [-0.2, 0) is 4.79 Å². The standard InChI is InChI=1S/C21H20N2O5S/c1-12(24)23-16-6-5-13(21-22-7-8-29-21)9-15(16)19(25)14-10-17(26-2)20(28-4)18(11-14)27-3/h5-11H,1-4H3,(H,23,24). The minimum Gasteiger partial charge on any atom is -0.493 e. The summed E-state index contributed by atoms with van der Waals surface area (Å²) in [6, 6.07) is 8.39. The van der Waals surface area contributed by atoms with E-state index in [-0.39, 0.29) is 11.7 Å². The Morgan fingerprint density at radius 1 is 1.00 bits per heavy atom. The van der Waals surface area contributed by atoms with Gasteiger partial charge in [0.05, 0.1) is 27.0 Å². The molecule has 0 radical (unpaired) electrons. The Kier molecular flexibility index (Phi) is 6.13. The molecule has 3 rings (SSSR count). The number of amides is 1. The van der Waals surface area contributed by atoms with Crippen molar-refractivity contribution in [3.8, 4) is 27.8 Å². The van der Waals surface area contributed by atoms with Crippen LogP contribution in [0.1, 0.15) is 22.8 Å². The summed E-state index contributed by atoms with van der Waals surface area (Å²) in [5.74, 6) is 0.558. The van der Waals surface area contributed by atoms with Crippen LogP contribution in [0.15, 0.2) is 41.9 Å². The van der Waals surface area contributed by atoms with Gasteiger partial charge in [0.2, 0.25) is 11.7 Å². The monoisotopic (exact) mass is 412 g/mol. The number of anilines is 1. The number of ketones is 1. The Morgan fingerprint density at radius 3 is 2.21 bits per heavy atom. The van der Waals surface area contributed by atoms with E-state index in [1.54, 1.807) is 30.5 Å². The van der Waals surface area contributed by atoms with Gasteiger partial charge in [0, 0.05) is 35.2 Å². The lowest BCUT2D eigenvalue weighted by atomic mass is 9.98. The van der Waals surface area contributed by atoms with E-state index in [2.05, 4.69) is 10.3 Å². The fourth-order valence-electron chi connectivity index (χ4n) is 2.90. The van der Waals surface area contributed by atoms with Crippen LogP contribution in [0.4, 0.5) is 5.69 Å². The van der Waals surface area contributed by atoms with Gasteiger partial charge >= 0.3 is 0 Å². The molecular formula is C21H20N2O5S. The van der Waals surface area contributed by atoms with Crippen molar-refractivity contribution >= 4 is 28.7 Å². The summed E-state index contributed by atoms with van der Waals surface area (Å²) in [5, 5.41) is 5.35. The van der Waals surface area contributed by atoms with E-state index >= 15 is 0 Å². The van der Waals surface area contributed by atoms with Gasteiger partial charge in [-0.2, -0.15) is 0 Å². The first kappa shape index (κ1) is 20.3. The Bertz CT molecular complexity index is 1020. The lowest BCUT2D eigenvalue weighted by Crippen LogP contribution is -2.12. The first-order valence-electron chi connectivity index (χ1n) is 8.64. The molecule has 150 valence electrons. The molecule has 7 nitrogen and oxygen atoms in total. The second-order valence-electron chi connectivity index (χ2n) is 6.02. The van der Waals surface area contributed by atoms with Crippen LogP contribution in [0.25, 0.3) is 10.6 Å². The zero-order valence-corrected chi connectivity index (χ0v) is 17.3. The number of carbonyl (C=O) groups excluding carboxylic acids is 2. The largest absolute Gasteiger partial charge is 0.493 e. The van der Waals surface area contributed by atoms with Crippen molar-refractivity contribution in [2.75, 3.05) is 26.6 Å². The molecule has 0 aliphatic rings. The van der Waals surface area contributed by atoms with Gasteiger partial charge in [-0.1, -0.05) is 0 Å². The van der Waals surface area contributed by atoms with Crippen LogP contribution in [0.5, 0.6) is 17.2 Å². The van der Waals surface area contributed by atoms with Gasteiger partial charge in [0.25, 0.3) is 0 Å². The van der Waals surface area contributed by atoms with Gasteiger partial charge in [-0.05, 0) is 30.3 Å². The van der Waals surface area contributed by atoms with E-state index < -0.39 is 0 Å². The highest BCUT2D eigenvalue weighted by Gasteiger charge is 2.21. The lowest BCUT2D eigenvalue weighted by Gasteiger charge is -2.15. The van der Waals surface area contributed by atoms with Crippen molar-refractivity contribution in [2.45, 2.75) is 6.92 Å². The SMILES string of the molecule is COc1cc(C(=O)c2cc(-c3nccs3)ccc2NC(C)=O)cc(OC)c1OC. The highest BCUT2D eigenvalue weighted by atomic mass is 32.1. The second-order valence-corrected chi connectivity index (χ2v) is 6.92. The van der Waals surface area contributed by atoms with E-state index in [0.29, 0.717) is 34.1 Å². The molecule has 0 aliphatic carbocycles. The normalized spacial score (nSPS) is 10.3. The zero-order chi connectivity index (χ0) is 21.0. The number of thiazole rings is 1. The van der Waals surface area contributed by atoms with E-state index in [0.717, 1.165) is 10.6 Å². The molecule has 0 atom stereocenters. The summed E-state index contributed by atoms with van der Waals surface area (Å²) in [5.41, 5.74) is 1.87. The van der Waals surface area contributed by atoms with Crippen LogP contribution in [0.2, 0.25) is 0 Å². The summed E-state index contributed by atoms with van der Waals surface area (Å²) < 4.78 is 16.0. The molecule has 0 unspecified atom stereocenters. The summed E-state index contributed by atoms with van der Waals surface area (Å²) in [4.78, 5) is 29.3. The summed E-state index contributed by atoms with van der Waals surface area (Å²) in [6.45, 7) is 1.39. The maximum atomic E-state index is 13.4. The Balaban J connectivity index is 2.14. The van der Waals surface area contributed by atoms with Crippen molar-refractivity contribution < 1.29 is 23.8 Å². The van der Waals surface area contributed by atoms with E-state index in [1.165, 1.54) is 39.6 Å². The molecule has 1 amide bonds. The maximum absolute atomic E-state index is 13.4. The molecule has 2 aromatic carbocycles. The number of carbonyl (C=O) groups is 2. The van der Waals surface area contributed by atoms with Gasteiger partial charge in [-0.15, -0.1) is 11.3 Å². The Labute approximate surface area is 172 Å². The third kappa shape index (κ3) is 4.22. The van der Waals surface area contributed by atoms with Crippen LogP contribution in [0.3, 0.4) is 0 Å². The average Bonchev–Trinajstić information content (AvgIpc) is 3.26. The van der Waals surface area contributed by atoms with Gasteiger partial charge < -0.3 is 19.5 Å². The number of nitrogens with zero attached hydrogens (tertiary/aromatic N) is 1. The molecular weight excluding hydrogens is 392 g/mol. The van der Waals surface area contributed by atoms with Gasteiger partial charge in [0.15, 0.2) is 17.3 Å². The van der Waals surface area contributed by atoms with Crippen LogP contribution >= 0.6 is 11.3 Å². The predicted octanol–water partition coefficient (Wildman–Crippen LogP) is 4.03. The van der Waals surface area contributed by atoms with Crippen LogP contribution in [-0.4, -0.2) is 38.0 Å². The minimum atomic E-state index is -0.300. The fraction of sp³-hybridized carbons (Fsp3) is 0.190. The van der Waals surface area contributed by atoms with Crippen LogP contribution in [0, 0.1) is 0 Å². The molecule has 0 fully saturated rings. The van der Waals surface area contributed by atoms with Crippen LogP contribution < -0.4 is 19.5 Å². The topological polar surface area (TPSA) is 86.8 Å². The molecule has 8 heteroatoms. The third-order valence-corrected chi connectivity index (χ3v) is 5.00. The second kappa shape index (κ2) is 8.74. The van der Waals surface area contributed by atoms with Crippen molar-refractivity contribution in [3.63, 3.8) is 0 Å². The lowest BCUT2D eigenvalue weighted by molar-refractivity contribution is -0.114. The van der Waals surface area contributed by atoms with Gasteiger partial charge in [0.1, 0.15) is 5.01 Å². The maximum Gasteiger partial charge on any atom is 0.221 e. The number of hydrogen-bond donors (Lipinski definition) is 1. The highest BCUT2D eigenvalue weighted by molar-refractivity contribution is 7.13. The van der Waals surface area contributed by atoms with Gasteiger partial charge in [-0.3, -0.25) is 9.59 Å². The first-order chi connectivity index (χ1) is 14.0. The van der Waals surface area contributed by atoms with Crippen molar-refractivity contribution in [3.05, 3.63) is 53.0 Å². The number of hydrogen-bond acceptors (Lipinski definition) is 7. The number of nitrogens with one attached hydrogen (secondary N) is 1. The number of rotatable bonds is 7. The molecule has 1 heterocycles. The highest BCUT2D eigenvalue weighted by Crippen LogP contribution is 2.39. The minimum absolute atomic E-state index is 0.272. The van der Waals surface area contributed by atoms with Crippen molar-refractivity contribution in [2.24, 2.45) is 0 Å². The molecule has 29 heavy (non-hydrogen) atoms. The molecule has 0 bridgehead atoms. The molecule has 3 aromatic rings. The number of benzene rings is 2. The van der Waals surface area contributed by atoms with E-state index in [9.17, 15) is 9.59 Å². The van der Waals surface area contributed by atoms with E-state index in [4.69, 9.17) is 14.2 Å². The molecule has 1 N–H and O–H groups in total. The zero-order valence-electron chi connectivity index (χ0n) is 16.4. The van der Waals surface area contributed by atoms with Crippen molar-refractivity contribution in [1.29, 1.82) is 0 Å². The molecule has 0 saturated carbocycles. The molecule has 0 spiro atoms. The summed E-state index contributed by atoms with van der Waals surface area (Å²) >= 11 is 1.46. The summed E-state index contributed by atoms with van der Waals surface area (Å²) in [7, 11) is 4.46. The Morgan fingerprint density at radius 2 is 1.69 bits per heavy atom. The molecule has 1 aromatic heterocycles. The fourth-order valence-corrected chi connectivity index (χ4v) is 3.53. The average molecular weight is 412 g/mol. The van der Waals surface area contributed by atoms with E-state index in [1.807, 2.05) is 11.4 Å². The number of ether oxygens (including phenoxy) is 3. The first-order valence-corrected chi connectivity index (χ1v) is 9.52. The summed E-state index contributed by atoms with van der Waals surface area (Å²) in [6.07, 6.45) is 1.70. The molecule has 0 saturated heterocycles. The quantitative estimate of drug-likeness (QED) is 0.590. The van der Waals surface area contributed by atoms with Crippen molar-refractivity contribution in [1.82, 2.24) is 4.98 Å². The Hall–Kier alpha value is -3.39. The number of methoxy groups -OCH3 is 3. The molecule has 0 aliphatic heterocycles. The van der Waals surface area contributed by atoms with Gasteiger partial charge in [-0.25, -0.2) is 4.98 Å². The smallest absolute Gasteiger partial charge is 0.221 e. The predicted molar refractivity (Wildman–Crippen MR) is 111 cm³/mol. The number of aromatic nitrogens is 1. The third-order valence-electron chi connectivity index (χ3n) is 4.18.